The Kier molecular flexibility index (Phi) is 2.77. The summed E-state index contributed by atoms with van der Waals surface area (Å²) in [6.07, 6.45) is 2.67. The lowest BCUT2D eigenvalue weighted by Gasteiger charge is -2.34. The predicted molar refractivity (Wildman–Crippen MR) is 52.7 cm³/mol. The van der Waals surface area contributed by atoms with Crippen LogP contribution in [0.25, 0.3) is 0 Å². The van der Waals surface area contributed by atoms with Gasteiger partial charge in [0.25, 0.3) is 0 Å². The Balaban J connectivity index is 2.05. The summed E-state index contributed by atoms with van der Waals surface area (Å²) >= 11 is 0. The van der Waals surface area contributed by atoms with E-state index in [1.807, 2.05) is 0 Å². The van der Waals surface area contributed by atoms with Gasteiger partial charge < -0.3 is 4.90 Å². The van der Waals surface area contributed by atoms with E-state index in [9.17, 15) is 0 Å². The normalized spacial score (nSPS) is 29.3. The van der Waals surface area contributed by atoms with Gasteiger partial charge >= 0.3 is 0 Å². The first-order valence-electron chi connectivity index (χ1n) is 5.24. The Morgan fingerprint density at radius 2 is 2.29 bits per heavy atom. The molecule has 1 saturated heterocycles. The molecular weight excluding hydrogens is 178 g/mol. The summed E-state index contributed by atoms with van der Waals surface area (Å²) < 4.78 is 0. The van der Waals surface area contributed by atoms with Crippen LogP contribution in [-0.2, 0) is 0 Å². The van der Waals surface area contributed by atoms with Gasteiger partial charge in [-0.25, -0.2) is 0 Å². The van der Waals surface area contributed by atoms with Gasteiger partial charge in [-0.05, 0) is 24.1 Å². The van der Waals surface area contributed by atoms with Crippen molar-refractivity contribution in [3.63, 3.8) is 0 Å². The molecule has 0 bridgehead atoms. The summed E-state index contributed by atoms with van der Waals surface area (Å²) in [6.45, 7) is 7.84. The Morgan fingerprint density at radius 1 is 1.43 bits per heavy atom. The minimum Gasteiger partial charge on any atom is -0.301 e. The van der Waals surface area contributed by atoms with Gasteiger partial charge in [-0.1, -0.05) is 13.8 Å². The van der Waals surface area contributed by atoms with E-state index < -0.39 is 0 Å². The van der Waals surface area contributed by atoms with Gasteiger partial charge in [-0.3, -0.25) is 0 Å². The van der Waals surface area contributed by atoms with E-state index in [0.29, 0.717) is 6.04 Å². The number of hydrogen-bond acceptors (Lipinski definition) is 4. The molecule has 1 aliphatic heterocycles. The number of piperidine rings is 1. The molecule has 2 heterocycles. The van der Waals surface area contributed by atoms with Gasteiger partial charge in [0.05, 0.1) is 6.04 Å². The first kappa shape index (κ1) is 9.58. The second kappa shape index (κ2) is 4.04. The van der Waals surface area contributed by atoms with E-state index in [1.165, 1.54) is 12.9 Å². The van der Waals surface area contributed by atoms with E-state index in [4.69, 9.17) is 0 Å². The molecule has 1 aliphatic rings. The van der Waals surface area contributed by atoms with E-state index >= 15 is 0 Å². The molecule has 2 rings (SSSR count). The van der Waals surface area contributed by atoms with Gasteiger partial charge in [0.15, 0.2) is 6.33 Å². The molecule has 78 valence electrons. The van der Waals surface area contributed by atoms with Crippen LogP contribution in [0.4, 0.5) is 0 Å². The molecule has 1 aromatic heterocycles. The van der Waals surface area contributed by atoms with Gasteiger partial charge in [-0.2, -0.15) is 4.80 Å². The highest BCUT2D eigenvalue weighted by Gasteiger charge is 2.25. The van der Waals surface area contributed by atoms with Gasteiger partial charge in [0.2, 0.25) is 0 Å². The predicted octanol–water partition coefficient (Wildman–Crippen LogP) is 0.576. The molecule has 1 aromatic rings. The number of hydrogen-bond donors (Lipinski definition) is 0. The monoisotopic (exact) mass is 195 g/mol. The molecule has 2 unspecified atom stereocenters. The smallest absolute Gasteiger partial charge is 0.162 e. The second-order valence-electron chi connectivity index (χ2n) is 4.10. The van der Waals surface area contributed by atoms with Crippen molar-refractivity contribution in [3.05, 3.63) is 6.33 Å². The Bertz CT molecular complexity index is 271. The van der Waals surface area contributed by atoms with E-state index in [-0.39, 0.29) is 0 Å². The maximum Gasteiger partial charge on any atom is 0.162 e. The van der Waals surface area contributed by atoms with Crippen molar-refractivity contribution in [2.24, 2.45) is 5.92 Å². The fraction of sp³-hybridized carbons (Fsp3) is 0.889. The van der Waals surface area contributed by atoms with Crippen LogP contribution in [0, 0.1) is 5.92 Å². The third-order valence-corrected chi connectivity index (χ3v) is 2.85. The molecule has 14 heavy (non-hydrogen) atoms. The summed E-state index contributed by atoms with van der Waals surface area (Å²) in [5, 5.41) is 11.8. The van der Waals surface area contributed by atoms with Crippen LogP contribution in [-0.4, -0.2) is 44.7 Å². The zero-order chi connectivity index (χ0) is 9.97. The number of likely N-dealkylation sites (tertiary alicyclic amines) is 1. The van der Waals surface area contributed by atoms with Gasteiger partial charge in [-0.15, -0.1) is 10.2 Å². The molecule has 0 amide bonds. The lowest BCUT2D eigenvalue weighted by Crippen LogP contribution is -2.40. The highest BCUT2D eigenvalue weighted by Crippen LogP contribution is 2.23. The molecule has 0 aliphatic carbocycles. The van der Waals surface area contributed by atoms with Crippen molar-refractivity contribution in [2.45, 2.75) is 26.3 Å². The van der Waals surface area contributed by atoms with E-state index in [0.717, 1.165) is 25.4 Å². The van der Waals surface area contributed by atoms with Crippen molar-refractivity contribution >= 4 is 0 Å². The average Bonchev–Trinajstić information content (AvgIpc) is 2.69. The van der Waals surface area contributed by atoms with Crippen LogP contribution in [0.1, 0.15) is 26.3 Å². The molecule has 0 spiro atoms. The quantitative estimate of drug-likeness (QED) is 0.692. The summed E-state index contributed by atoms with van der Waals surface area (Å²) in [5.41, 5.74) is 0. The molecular formula is C9H17N5. The Labute approximate surface area is 84.1 Å². The molecule has 2 atom stereocenters. The standard InChI is InChI=1S/C9H17N5/c1-3-13-5-8(2)4-9(6-13)14-11-7-10-12-14/h7-9H,3-6H2,1-2H3. The second-order valence-corrected chi connectivity index (χ2v) is 4.10. The fourth-order valence-electron chi connectivity index (χ4n) is 2.19. The number of likely N-dealkylation sites (N-methyl/N-ethyl adjacent to an activating group) is 1. The largest absolute Gasteiger partial charge is 0.301 e. The average molecular weight is 195 g/mol. The summed E-state index contributed by atoms with van der Waals surface area (Å²) in [5.74, 6) is 0.722. The van der Waals surface area contributed by atoms with Crippen LogP contribution in [0.5, 0.6) is 0 Å². The molecule has 0 aromatic carbocycles. The molecule has 5 heteroatoms. The highest BCUT2D eigenvalue weighted by molar-refractivity contribution is 4.77. The first-order chi connectivity index (χ1) is 6.79. The SMILES string of the molecule is CCN1CC(C)CC(n2ncnn2)C1. The summed E-state index contributed by atoms with van der Waals surface area (Å²) in [4.78, 5) is 4.19. The van der Waals surface area contributed by atoms with Crippen molar-refractivity contribution in [1.29, 1.82) is 0 Å². The van der Waals surface area contributed by atoms with Crippen LogP contribution in [0.15, 0.2) is 6.33 Å². The Morgan fingerprint density at radius 3 is 2.93 bits per heavy atom. The first-order valence-corrected chi connectivity index (χ1v) is 5.24. The fourth-order valence-corrected chi connectivity index (χ4v) is 2.19. The van der Waals surface area contributed by atoms with Crippen LogP contribution < -0.4 is 0 Å². The van der Waals surface area contributed by atoms with Crippen molar-refractivity contribution in [1.82, 2.24) is 25.1 Å². The molecule has 0 saturated carbocycles. The number of rotatable bonds is 2. The van der Waals surface area contributed by atoms with E-state index in [1.54, 1.807) is 4.80 Å². The van der Waals surface area contributed by atoms with Crippen molar-refractivity contribution < 1.29 is 0 Å². The van der Waals surface area contributed by atoms with Crippen LogP contribution in [0.2, 0.25) is 0 Å². The third kappa shape index (κ3) is 1.92. The minimum absolute atomic E-state index is 0.404. The minimum atomic E-state index is 0.404. The molecule has 0 radical (unpaired) electrons. The lowest BCUT2D eigenvalue weighted by atomic mass is 9.96. The van der Waals surface area contributed by atoms with Gasteiger partial charge in [0, 0.05) is 13.1 Å². The highest BCUT2D eigenvalue weighted by atomic mass is 15.6. The van der Waals surface area contributed by atoms with Gasteiger partial charge in [0.1, 0.15) is 0 Å². The third-order valence-electron chi connectivity index (χ3n) is 2.85. The number of tetrazole rings is 1. The lowest BCUT2D eigenvalue weighted by molar-refractivity contribution is 0.126. The number of nitrogens with zero attached hydrogens (tertiary/aromatic N) is 5. The van der Waals surface area contributed by atoms with Crippen LogP contribution in [0.3, 0.4) is 0 Å². The van der Waals surface area contributed by atoms with Crippen molar-refractivity contribution in [2.75, 3.05) is 19.6 Å². The molecule has 0 N–H and O–H groups in total. The summed E-state index contributed by atoms with van der Waals surface area (Å²) in [6, 6.07) is 0.404. The summed E-state index contributed by atoms with van der Waals surface area (Å²) in [7, 11) is 0. The zero-order valence-corrected chi connectivity index (χ0v) is 8.80. The Hall–Kier alpha value is -0.970. The molecule has 5 nitrogen and oxygen atoms in total. The van der Waals surface area contributed by atoms with Crippen LogP contribution >= 0.6 is 0 Å². The molecule has 1 fully saturated rings. The zero-order valence-electron chi connectivity index (χ0n) is 8.80. The topological polar surface area (TPSA) is 46.8 Å². The maximum absolute atomic E-state index is 4.11. The van der Waals surface area contributed by atoms with Crippen molar-refractivity contribution in [3.8, 4) is 0 Å². The van der Waals surface area contributed by atoms with E-state index in [2.05, 4.69) is 34.2 Å². The maximum atomic E-state index is 4.11. The number of aromatic nitrogens is 4.